The molecule has 14 atom stereocenters. The van der Waals surface area contributed by atoms with Gasteiger partial charge in [-0.25, -0.2) is 10.2 Å². The van der Waals surface area contributed by atoms with Crippen LogP contribution in [0.2, 0.25) is 0 Å². The summed E-state index contributed by atoms with van der Waals surface area (Å²) in [6.07, 6.45) is 3.36. The summed E-state index contributed by atoms with van der Waals surface area (Å²) in [6.45, 7) is 15.3. The van der Waals surface area contributed by atoms with Gasteiger partial charge in [-0.1, -0.05) is 72.7 Å². The van der Waals surface area contributed by atoms with Gasteiger partial charge in [0.15, 0.2) is 17.2 Å². The predicted molar refractivity (Wildman–Crippen MR) is 433 cm³/mol. The minimum absolute atomic E-state index is 0.0266. The molecular formula is C81H122N10O23S2. The van der Waals surface area contributed by atoms with Crippen molar-refractivity contribution in [1.82, 2.24) is 46.9 Å². The van der Waals surface area contributed by atoms with E-state index in [1.54, 1.807) is 21.3 Å². The van der Waals surface area contributed by atoms with E-state index in [2.05, 4.69) is 78.1 Å². The van der Waals surface area contributed by atoms with Gasteiger partial charge in [-0.05, 0) is 81.2 Å². The molecule has 1 spiro atoms. The number of H-pyrrole nitrogens is 1. The number of aliphatic carboxylic acids is 1. The molecule has 2 bridgehead atoms. The standard InChI is InChI=1S/C81H122N10O23S2/c1-10-78(103)46-54-45-77(5,69-57(17-23-90(49-54)51-78)56-15-12-13-16-60(56)85-69)59-43-58-63(44-66(59)107-9)89(6)73-80(58)21-24-91-22-14-20-79(11-2,72(80)91)74(100)81(73,104)75(101)87-88-76(102)114-39-40-115-116-50-55(71(98)99)42-65(94)62(48-83-68(96)19-26-109-32-34-113-38-36-111-30-28-106-8)86-70(97)52(3)41-64(93)61(84-53(4)92)47-82-67(95)18-25-108-31-33-112-37-35-110-29-27-105-7/h12-16,20,43-44,52,54-55,61-62,72-74,85,100,103-104H,10-11,17-19,21-42,45-51H2,1-9H3,(H,82,95)(H,83,96)(H,84,92)(H,86,97)(H,87,101)(H,88,102)(H,98,99)/t52-,54?,55?,61+,62+,72+,73-,74-,77-,78+,79-,80-,81+/m1/s1. The molecule has 6 amide bonds. The van der Waals surface area contributed by atoms with Gasteiger partial charge in [0.2, 0.25) is 23.6 Å². The number of carboxylic acid groups (broad SMARTS) is 1. The summed E-state index contributed by atoms with van der Waals surface area (Å²) in [5, 5.41) is 60.7. The van der Waals surface area contributed by atoms with E-state index in [4.69, 9.17) is 47.4 Å². The third-order valence-corrected chi connectivity index (χ3v) is 26.0. The molecule has 1 aliphatic carbocycles. The van der Waals surface area contributed by atoms with E-state index in [-0.39, 0.29) is 89.1 Å². The second-order valence-corrected chi connectivity index (χ2v) is 33.9. The van der Waals surface area contributed by atoms with Crippen LogP contribution in [0.1, 0.15) is 115 Å². The van der Waals surface area contributed by atoms with Crippen molar-refractivity contribution >= 4 is 91.3 Å². The molecule has 11 N–H and O–H groups in total. The number of ketones is 2. The maximum atomic E-state index is 15.3. The summed E-state index contributed by atoms with van der Waals surface area (Å²) < 4.78 is 54.5. The number of aromatic nitrogens is 1. The van der Waals surface area contributed by atoms with Crippen LogP contribution in [0.3, 0.4) is 0 Å². The topological polar surface area (TPSA) is 425 Å². The number of methoxy groups -OCH3 is 3. The molecular weight excluding hydrogens is 1550 g/mol. The Hall–Kier alpha value is -7.07. The molecule has 33 nitrogen and oxygen atoms in total. The van der Waals surface area contributed by atoms with Gasteiger partial charge >= 0.3 is 12.1 Å². The van der Waals surface area contributed by atoms with Crippen LogP contribution in [0.5, 0.6) is 5.75 Å². The number of Topliss-reactive ketones (excluding diaryl/α,β-unsaturated/α-hetero) is 2. The van der Waals surface area contributed by atoms with Crippen molar-refractivity contribution in [1.29, 1.82) is 0 Å². The number of nitrogens with zero attached hydrogens (tertiary/aromatic N) is 3. The molecule has 3 unspecified atom stereocenters. The first-order valence-corrected chi connectivity index (χ1v) is 42.8. The molecule has 1 saturated carbocycles. The van der Waals surface area contributed by atoms with Gasteiger partial charge < -0.3 is 98.9 Å². The monoisotopic (exact) mass is 1670 g/mol. The number of hydrogen-bond acceptors (Lipinski definition) is 27. The third-order valence-electron chi connectivity index (χ3n) is 23.6. The fraction of sp³-hybridized carbons (Fsp3) is 0.691. The number of aromatic amines is 1. The smallest absolute Gasteiger partial charge is 0.426 e. The van der Waals surface area contributed by atoms with Crippen LogP contribution in [0.25, 0.3) is 10.9 Å². The van der Waals surface area contributed by atoms with E-state index < -0.39 is 136 Å². The Balaban J connectivity index is 0.813. The highest BCUT2D eigenvalue weighted by Crippen LogP contribution is 2.68. The Morgan fingerprint density at radius 3 is 1.91 bits per heavy atom. The number of nitrogens with one attached hydrogen (secondary N) is 7. The highest BCUT2D eigenvalue weighted by Gasteiger charge is 2.79. The van der Waals surface area contributed by atoms with Crippen LogP contribution in [-0.2, 0) is 98.2 Å². The number of aliphatic hydroxyl groups is 3. The molecule has 2 aromatic carbocycles. The lowest BCUT2D eigenvalue weighted by Crippen LogP contribution is -2.82. The average Bonchev–Trinajstić information content (AvgIpc) is 1.47. The van der Waals surface area contributed by atoms with Crippen LogP contribution in [0, 0.1) is 23.2 Å². The van der Waals surface area contributed by atoms with Crippen molar-refractivity contribution in [3.05, 3.63) is 70.9 Å². The Labute approximate surface area is 686 Å². The lowest BCUT2D eigenvalue weighted by molar-refractivity contribution is -0.204. The van der Waals surface area contributed by atoms with Crippen molar-refractivity contribution < 1.29 is 111 Å². The minimum atomic E-state index is -2.58. The summed E-state index contributed by atoms with van der Waals surface area (Å²) >= 11 is 0. The number of anilines is 1. The largest absolute Gasteiger partial charge is 0.496 e. The van der Waals surface area contributed by atoms with E-state index in [1.807, 2.05) is 50.1 Å². The van der Waals surface area contributed by atoms with Crippen LogP contribution in [-0.4, -0.2) is 315 Å². The molecule has 9 rings (SSSR count). The lowest BCUT2D eigenvalue weighted by atomic mass is 9.47. The number of hydrogen-bond donors (Lipinski definition) is 11. The van der Waals surface area contributed by atoms with Crippen molar-refractivity contribution in [2.24, 2.45) is 23.2 Å². The van der Waals surface area contributed by atoms with Gasteiger partial charge in [-0.3, -0.25) is 53.6 Å². The molecule has 116 heavy (non-hydrogen) atoms. The molecule has 6 aliphatic rings. The van der Waals surface area contributed by atoms with E-state index in [0.29, 0.717) is 110 Å². The quantitative estimate of drug-likeness (QED) is 0.0167. The molecule has 35 heteroatoms. The highest BCUT2D eigenvalue weighted by atomic mass is 33.1. The second-order valence-electron chi connectivity index (χ2n) is 31.2. The van der Waals surface area contributed by atoms with E-state index in [1.165, 1.54) is 19.4 Å². The fourth-order valence-electron chi connectivity index (χ4n) is 18.0. The number of carboxylic acids is 1. The van der Waals surface area contributed by atoms with Crippen LogP contribution >= 0.6 is 21.6 Å². The van der Waals surface area contributed by atoms with Crippen LogP contribution < -0.4 is 41.8 Å². The number of rotatable bonds is 49. The number of carbonyl (C=O) groups is 9. The number of benzene rings is 2. The predicted octanol–water partition coefficient (Wildman–Crippen LogP) is 2.88. The number of hydrazine groups is 1. The summed E-state index contributed by atoms with van der Waals surface area (Å²) in [5.41, 5.74) is 4.25. The fourth-order valence-corrected chi connectivity index (χ4v) is 20.1. The molecule has 2 saturated heterocycles. The van der Waals surface area contributed by atoms with Gasteiger partial charge in [-0.2, -0.15) is 0 Å². The summed E-state index contributed by atoms with van der Waals surface area (Å²) in [7, 11) is 8.79. The summed E-state index contributed by atoms with van der Waals surface area (Å²) in [6, 6.07) is 8.41. The van der Waals surface area contributed by atoms with Gasteiger partial charge in [0, 0.05) is 167 Å². The average molecular weight is 1670 g/mol. The molecule has 646 valence electrons. The maximum Gasteiger partial charge on any atom is 0.426 e. The van der Waals surface area contributed by atoms with E-state index >= 15 is 4.79 Å². The zero-order valence-electron chi connectivity index (χ0n) is 68.5. The van der Waals surface area contributed by atoms with Crippen LogP contribution in [0.15, 0.2) is 48.6 Å². The summed E-state index contributed by atoms with van der Waals surface area (Å²) in [4.78, 5) is 132. The normalized spacial score (nSPS) is 25.5. The molecule has 3 fully saturated rings. The first-order chi connectivity index (χ1) is 55.7. The van der Waals surface area contributed by atoms with Crippen LogP contribution in [0.4, 0.5) is 10.5 Å². The third kappa shape index (κ3) is 22.5. The lowest BCUT2D eigenvalue weighted by Gasteiger charge is -2.63. The van der Waals surface area contributed by atoms with Gasteiger partial charge in [-0.15, -0.1) is 0 Å². The highest BCUT2D eigenvalue weighted by molar-refractivity contribution is 8.76. The molecule has 0 radical (unpaired) electrons. The maximum absolute atomic E-state index is 15.3. The number of piperidine rings is 1. The first-order valence-electron chi connectivity index (χ1n) is 40.3. The van der Waals surface area contributed by atoms with E-state index in [9.17, 15) is 58.8 Å². The number of aliphatic hydroxyl groups excluding tert-OH is 1. The number of ether oxygens (including phenoxy) is 10. The number of amides is 6. The molecule has 5 aliphatic heterocycles. The zero-order valence-corrected chi connectivity index (χ0v) is 70.1. The Morgan fingerprint density at radius 1 is 0.707 bits per heavy atom. The number of likely N-dealkylation sites (N-methyl/N-ethyl adjacent to an activating group) is 1. The molecule has 1 aromatic heterocycles. The van der Waals surface area contributed by atoms with Crippen molar-refractivity contribution in [2.75, 3.05) is 190 Å². The Bertz CT molecular complexity index is 3860. The zero-order chi connectivity index (χ0) is 83.8. The van der Waals surface area contributed by atoms with E-state index in [0.717, 1.165) is 74.5 Å². The SMILES string of the molecule is CC[C@]1(O)CC2CN(CCc3c([nH]c4ccccc34)[C@@](C)(c3cc4c(cc3OC)N(C)[C@H]3[C@@](O)(C(=O)NNC(=O)OCCSSCC(CC(=O)[C@H](CNC(=O)CCOCCOCCOCCOC)NC(=O)[C@H](C)CC(=O)[C@H](CNC(=O)CCOCCOCCOCCOC)NC(C)=O)C(=O)O)[C@H](O)[C@]5(CC)C=CCN6CC[C@]43[C@@H]65)C2)C1. The minimum Gasteiger partial charge on any atom is -0.496 e. The van der Waals surface area contributed by atoms with Gasteiger partial charge in [0.25, 0.3) is 5.91 Å². The Kier molecular flexibility index (Phi) is 35.0. The number of para-hydroxylation sites is 1. The van der Waals surface area contributed by atoms with Crippen molar-refractivity contribution in [2.45, 2.75) is 151 Å². The van der Waals surface area contributed by atoms with Gasteiger partial charge in [0.1, 0.15) is 30.5 Å². The number of carbonyl (C=O) groups excluding carboxylic acids is 8. The summed E-state index contributed by atoms with van der Waals surface area (Å²) in [5.74, 6) is -8.05. The second kappa shape index (κ2) is 43.8. The van der Waals surface area contributed by atoms with Crippen molar-refractivity contribution in [3.63, 3.8) is 0 Å². The van der Waals surface area contributed by atoms with Crippen molar-refractivity contribution in [3.8, 4) is 5.75 Å². The molecule has 6 heterocycles. The first kappa shape index (κ1) is 92.8. The Morgan fingerprint density at radius 2 is 1.31 bits per heavy atom. The van der Waals surface area contributed by atoms with Gasteiger partial charge in [0.05, 0.1) is 117 Å². The number of fused-ring (bicyclic) bond motifs is 6. The molecule has 3 aromatic rings.